The molecule has 0 aliphatic rings. The number of benzene rings is 8. The van der Waals surface area contributed by atoms with E-state index in [-0.39, 0.29) is 17.0 Å². The monoisotopic (exact) mass is 1230 g/mol. The number of rotatable bonds is 28. The van der Waals surface area contributed by atoms with Gasteiger partial charge in [-0.2, -0.15) is 0 Å². The molecule has 0 fully saturated rings. The van der Waals surface area contributed by atoms with Crippen molar-refractivity contribution in [1.82, 2.24) is 0 Å². The molecule has 17 heteroatoms. The quantitative estimate of drug-likeness (QED) is 0.0180. The third-order valence-electron chi connectivity index (χ3n) is 14.4. The summed E-state index contributed by atoms with van der Waals surface area (Å²) >= 11 is 12.3. The van der Waals surface area contributed by atoms with Gasteiger partial charge >= 0.3 is 23.9 Å². The molecule has 0 aromatic heterocycles. The number of carboxylic acids is 4. The molecule has 3 amide bonds. The summed E-state index contributed by atoms with van der Waals surface area (Å²) in [5.74, 6) is -5.75. The van der Waals surface area contributed by atoms with Crippen LogP contribution in [-0.2, 0) is 48.1 Å². The third kappa shape index (κ3) is 21.8. The van der Waals surface area contributed by atoms with Gasteiger partial charge in [-0.3, -0.25) is 19.2 Å². The Bertz CT molecular complexity index is 3670. The molecule has 8 aromatic rings. The van der Waals surface area contributed by atoms with E-state index in [1.807, 2.05) is 97.1 Å². The molecule has 0 radical (unpaired) electrons. The van der Waals surface area contributed by atoms with Crippen LogP contribution in [-0.4, -0.2) is 62.0 Å². The van der Waals surface area contributed by atoms with Gasteiger partial charge in [0.2, 0.25) is 5.91 Å². The predicted octanol–water partition coefficient (Wildman–Crippen LogP) is 16.4. The van der Waals surface area contributed by atoms with Crippen LogP contribution in [0.25, 0.3) is 0 Å². The number of aryl methyl sites for hydroxylation is 6. The van der Waals surface area contributed by atoms with Crippen LogP contribution in [0, 0.1) is 5.82 Å². The van der Waals surface area contributed by atoms with Gasteiger partial charge in [-0.05, 0) is 171 Å². The average Bonchev–Trinajstić information content (AvgIpc) is 3.60. The van der Waals surface area contributed by atoms with Gasteiger partial charge < -0.3 is 36.4 Å². The summed E-state index contributed by atoms with van der Waals surface area (Å²) in [7, 11) is 0. The molecule has 0 aliphatic carbocycles. The number of aliphatic carboxylic acids is 1. The molecular weight excluding hydrogens is 1160 g/mol. The first-order chi connectivity index (χ1) is 42.5. The predicted molar refractivity (Wildman–Crippen MR) is 343 cm³/mol. The van der Waals surface area contributed by atoms with Crippen molar-refractivity contribution >= 4 is 81.9 Å². The van der Waals surface area contributed by atoms with Gasteiger partial charge in [0.25, 0.3) is 11.8 Å². The van der Waals surface area contributed by atoms with Crippen LogP contribution >= 0.6 is 23.2 Å². The number of para-hydroxylation sites is 3. The van der Waals surface area contributed by atoms with Crippen LogP contribution in [0.3, 0.4) is 0 Å². The molecule has 88 heavy (non-hydrogen) atoms. The molecule has 8 rings (SSSR count). The van der Waals surface area contributed by atoms with Crippen LogP contribution in [0.1, 0.15) is 149 Å². The number of nitrogens with one attached hydrogen (secondary N) is 3. The van der Waals surface area contributed by atoms with E-state index in [0.29, 0.717) is 51.0 Å². The lowest BCUT2D eigenvalue weighted by molar-refractivity contribution is -0.139. The topological polar surface area (TPSA) is 236 Å². The smallest absolute Gasteiger partial charge is 0.335 e. The number of unbranched alkanes of at least 4 members (excludes halogenated alkanes) is 6. The second-order valence-electron chi connectivity index (χ2n) is 20.6. The first-order valence-electron chi connectivity index (χ1n) is 29.0. The number of carbonyl (C=O) groups is 7. The molecule has 0 unspecified atom stereocenters. The highest BCUT2D eigenvalue weighted by atomic mass is 35.5. The second-order valence-corrected chi connectivity index (χ2v) is 21.5. The molecule has 14 nitrogen and oxygen atoms in total. The lowest BCUT2D eigenvalue weighted by Crippen LogP contribution is -2.16. The highest BCUT2D eigenvalue weighted by Gasteiger charge is 2.18. The summed E-state index contributed by atoms with van der Waals surface area (Å²) in [5.41, 5.74) is 8.95. The van der Waals surface area contributed by atoms with Crippen molar-refractivity contribution in [2.75, 3.05) is 16.0 Å². The number of hydrogen-bond acceptors (Lipinski definition) is 7. The zero-order chi connectivity index (χ0) is 63.2. The van der Waals surface area contributed by atoms with Gasteiger partial charge in [-0.15, -0.1) is 0 Å². The molecule has 0 saturated carbocycles. The molecule has 8 aromatic carbocycles. The summed E-state index contributed by atoms with van der Waals surface area (Å²) < 4.78 is 13.9. The molecule has 0 atom stereocenters. The maximum atomic E-state index is 13.9. The van der Waals surface area contributed by atoms with Gasteiger partial charge in [0.05, 0.1) is 37.9 Å². The fourth-order valence-corrected chi connectivity index (χ4v) is 10.5. The minimum atomic E-state index is -1.16. The van der Waals surface area contributed by atoms with Gasteiger partial charge in [0.1, 0.15) is 12.2 Å². The van der Waals surface area contributed by atoms with E-state index in [2.05, 4.69) is 16.0 Å². The normalized spacial score (nSPS) is 10.5. The average molecular weight is 1230 g/mol. The van der Waals surface area contributed by atoms with Crippen LogP contribution in [0.15, 0.2) is 188 Å². The zero-order valence-electron chi connectivity index (χ0n) is 48.5. The summed E-state index contributed by atoms with van der Waals surface area (Å²) in [6, 6.07) is 54.7. The first kappa shape index (κ1) is 67.7. The maximum Gasteiger partial charge on any atom is 0.335 e. The zero-order valence-corrected chi connectivity index (χ0v) is 50.0. The summed E-state index contributed by atoms with van der Waals surface area (Å²) in [4.78, 5) is 81.2. The van der Waals surface area contributed by atoms with Crippen molar-refractivity contribution in [2.24, 2.45) is 0 Å². The lowest BCUT2D eigenvalue weighted by Gasteiger charge is -2.13. The number of aromatic carboxylic acids is 3. The van der Waals surface area contributed by atoms with Crippen LogP contribution in [0.2, 0.25) is 10.0 Å². The van der Waals surface area contributed by atoms with Gasteiger partial charge in [-0.1, -0.05) is 170 Å². The van der Waals surface area contributed by atoms with Crippen LogP contribution in [0.5, 0.6) is 0 Å². The Morgan fingerprint density at radius 1 is 0.330 bits per heavy atom. The number of halogens is 3. The summed E-state index contributed by atoms with van der Waals surface area (Å²) in [5, 5.41) is 45.4. The van der Waals surface area contributed by atoms with Crippen molar-refractivity contribution < 1.29 is 58.4 Å². The molecule has 0 spiro atoms. The number of carboxylic acid groups (broad SMARTS) is 4. The lowest BCUT2D eigenvalue weighted by atomic mass is 9.99. The Morgan fingerprint density at radius 2 is 0.625 bits per heavy atom. The Hall–Kier alpha value is -9.44. The second kappa shape index (κ2) is 35.9. The Balaban J connectivity index is 0.000000211. The van der Waals surface area contributed by atoms with Crippen molar-refractivity contribution in [1.29, 1.82) is 0 Å². The van der Waals surface area contributed by atoms with Crippen LogP contribution < -0.4 is 16.0 Å². The van der Waals surface area contributed by atoms with Crippen molar-refractivity contribution in [3.05, 3.63) is 265 Å². The molecular formula is C71H70Cl2FN3O11. The van der Waals surface area contributed by atoms with E-state index in [0.717, 1.165) is 123 Å². The minimum absolute atomic E-state index is 0.0180. The largest absolute Gasteiger partial charge is 0.481 e. The summed E-state index contributed by atoms with van der Waals surface area (Å²) in [6.45, 7) is 0. The first-order valence-corrected chi connectivity index (χ1v) is 29.8. The van der Waals surface area contributed by atoms with Gasteiger partial charge in [0.15, 0.2) is 0 Å². The highest BCUT2D eigenvalue weighted by molar-refractivity contribution is 6.40. The van der Waals surface area contributed by atoms with Crippen molar-refractivity contribution in [3.63, 3.8) is 0 Å². The molecule has 0 saturated heterocycles. The van der Waals surface area contributed by atoms with Crippen LogP contribution in [0.4, 0.5) is 21.5 Å². The van der Waals surface area contributed by atoms with E-state index >= 15 is 0 Å². The number of amides is 3. The SMILES string of the molecule is O=C(Nc1ccccc1CCCCCc1ccccc1C(=O)O)c1ccccc1F.O=C(O)CC(=O)Nc1ccccc1CCCCCc1ccccc1C(=O)O.O=C(O)c1ccccc1CCCCCc1ccccc1NC(=O)c1c(Cl)cccc1Cl. The summed E-state index contributed by atoms with van der Waals surface area (Å²) in [6.07, 6.45) is 12.1. The third-order valence-corrected chi connectivity index (χ3v) is 15.0. The number of anilines is 3. The highest BCUT2D eigenvalue weighted by Crippen LogP contribution is 2.28. The Kier molecular flexibility index (Phi) is 27.6. The molecule has 7 N–H and O–H groups in total. The van der Waals surface area contributed by atoms with Gasteiger partial charge in [-0.25, -0.2) is 18.8 Å². The molecule has 456 valence electrons. The van der Waals surface area contributed by atoms with E-state index in [1.165, 1.54) is 12.1 Å². The minimum Gasteiger partial charge on any atom is -0.481 e. The standard InChI is InChI=1S/C25H23Cl2NO3.C25H24FNO3.C21H23NO5/c26-20-14-8-15-21(27)23(20)24(29)28-22-16-7-5-12-18(22)11-3-1-2-9-17-10-4-6-13-19(17)25(30)31;26-22-16-8-7-15-21(22)24(28)27-23-17-9-5-13-19(23)12-3-1-2-10-18-11-4-6-14-20(18)25(29)30;23-19(14-20(24)25)22-18-13-7-5-11-16(18)10-3-1-2-8-15-9-4-6-12-17(15)21(26)27/h4-8,10,12-16H,1-3,9,11H2,(H,28,29)(H,30,31);4-9,11,13-17H,1-3,10,12H2,(H,27,28)(H,29,30);4-7,9,11-13H,1-3,8,10,14H2,(H,22,23)(H,24,25)(H,26,27). The van der Waals surface area contributed by atoms with Gasteiger partial charge in [0, 0.05) is 17.1 Å². The van der Waals surface area contributed by atoms with E-state index in [1.54, 1.807) is 78.9 Å². The maximum absolute atomic E-state index is 13.9. The molecule has 0 bridgehead atoms. The van der Waals surface area contributed by atoms with E-state index < -0.39 is 47.9 Å². The Morgan fingerprint density at radius 3 is 0.977 bits per heavy atom. The molecule has 0 aliphatic heterocycles. The van der Waals surface area contributed by atoms with E-state index in [9.17, 15) is 53.3 Å². The number of carbonyl (C=O) groups excluding carboxylic acids is 3. The van der Waals surface area contributed by atoms with Crippen molar-refractivity contribution in [3.8, 4) is 0 Å². The van der Waals surface area contributed by atoms with E-state index in [4.69, 9.17) is 28.3 Å². The Labute approximate surface area is 521 Å². The fraction of sp³-hybridized carbons (Fsp3) is 0.225. The molecule has 0 heterocycles. The number of hydrogen-bond donors (Lipinski definition) is 7. The van der Waals surface area contributed by atoms with Crippen molar-refractivity contribution in [2.45, 2.75) is 103 Å². The fourth-order valence-electron chi connectivity index (χ4n) is 9.91.